The van der Waals surface area contributed by atoms with Crippen molar-refractivity contribution < 1.29 is 0 Å². The van der Waals surface area contributed by atoms with Crippen LogP contribution in [0, 0.1) is 6.92 Å². The maximum absolute atomic E-state index is 6.33. The second kappa shape index (κ2) is 6.90. The van der Waals surface area contributed by atoms with Crippen molar-refractivity contribution in [3.05, 3.63) is 52.3 Å². The van der Waals surface area contributed by atoms with E-state index in [1.807, 2.05) is 0 Å². The van der Waals surface area contributed by atoms with E-state index in [0.29, 0.717) is 0 Å². The predicted molar refractivity (Wildman–Crippen MR) is 88.5 cm³/mol. The van der Waals surface area contributed by atoms with E-state index >= 15 is 0 Å². The van der Waals surface area contributed by atoms with E-state index in [1.54, 1.807) is 0 Å². The van der Waals surface area contributed by atoms with Gasteiger partial charge >= 0.3 is 0 Å². The molecule has 0 aliphatic heterocycles. The molecule has 114 valence electrons. The minimum atomic E-state index is 0.0977. The van der Waals surface area contributed by atoms with Crippen LogP contribution >= 0.6 is 0 Å². The van der Waals surface area contributed by atoms with Gasteiger partial charge in [0.15, 0.2) is 0 Å². The first-order valence-electron chi connectivity index (χ1n) is 8.00. The summed E-state index contributed by atoms with van der Waals surface area (Å²) in [5.74, 6) is 0. The highest BCUT2D eigenvalue weighted by Gasteiger charge is 2.20. The van der Waals surface area contributed by atoms with E-state index in [1.165, 1.54) is 22.4 Å². The molecule has 0 saturated heterocycles. The average Bonchev–Trinajstić information content (AvgIpc) is 2.86. The van der Waals surface area contributed by atoms with E-state index in [-0.39, 0.29) is 6.04 Å². The molecule has 1 atom stereocenters. The van der Waals surface area contributed by atoms with Gasteiger partial charge in [-0.1, -0.05) is 45.0 Å². The van der Waals surface area contributed by atoms with Gasteiger partial charge in [0, 0.05) is 17.3 Å². The summed E-state index contributed by atoms with van der Waals surface area (Å²) in [5.41, 5.74) is 12.7. The second-order valence-electron chi connectivity index (χ2n) is 5.61. The lowest BCUT2D eigenvalue weighted by atomic mass is 10.00. The summed E-state index contributed by atoms with van der Waals surface area (Å²) < 4.78 is 2.16. The Morgan fingerprint density at radius 3 is 2.43 bits per heavy atom. The van der Waals surface area contributed by atoms with Crippen LogP contribution in [0.1, 0.15) is 61.3 Å². The number of aromatic nitrogens is 2. The Morgan fingerprint density at radius 2 is 1.86 bits per heavy atom. The van der Waals surface area contributed by atoms with Crippen LogP contribution in [0.5, 0.6) is 0 Å². The molecule has 0 bridgehead atoms. The Bertz CT molecular complexity index is 599. The maximum Gasteiger partial charge on any atom is 0.0672 e. The first kappa shape index (κ1) is 15.8. The largest absolute Gasteiger partial charge is 0.324 e. The molecule has 0 spiro atoms. The van der Waals surface area contributed by atoms with Gasteiger partial charge < -0.3 is 5.73 Å². The molecule has 0 fully saturated rings. The van der Waals surface area contributed by atoms with Crippen LogP contribution < -0.4 is 5.73 Å². The zero-order chi connectivity index (χ0) is 15.4. The minimum absolute atomic E-state index is 0.0977. The number of nitrogens with two attached hydrogens (primary N) is 1. The number of rotatable bonds is 6. The first-order valence-corrected chi connectivity index (χ1v) is 8.00. The van der Waals surface area contributed by atoms with Crippen LogP contribution in [-0.4, -0.2) is 9.78 Å². The zero-order valence-corrected chi connectivity index (χ0v) is 13.7. The molecule has 0 amide bonds. The molecule has 3 heteroatoms. The van der Waals surface area contributed by atoms with E-state index in [2.05, 4.69) is 56.6 Å². The van der Waals surface area contributed by atoms with Gasteiger partial charge in [-0.05, 0) is 37.3 Å². The minimum Gasteiger partial charge on any atom is -0.324 e. The van der Waals surface area contributed by atoms with Crippen LogP contribution in [0.4, 0.5) is 0 Å². The van der Waals surface area contributed by atoms with Crippen molar-refractivity contribution in [3.63, 3.8) is 0 Å². The molecular weight excluding hydrogens is 258 g/mol. The molecule has 2 aromatic rings. The van der Waals surface area contributed by atoms with Crippen molar-refractivity contribution in [1.29, 1.82) is 0 Å². The molecule has 0 saturated carbocycles. The number of aryl methyl sites for hydroxylation is 2. The Kier molecular flexibility index (Phi) is 5.18. The highest BCUT2D eigenvalue weighted by molar-refractivity contribution is 5.32. The van der Waals surface area contributed by atoms with Crippen molar-refractivity contribution in [1.82, 2.24) is 9.78 Å². The summed E-state index contributed by atoms with van der Waals surface area (Å²) in [5, 5.41) is 4.84. The molecular formula is C18H27N3. The lowest BCUT2D eigenvalue weighted by Crippen LogP contribution is -2.13. The van der Waals surface area contributed by atoms with E-state index in [0.717, 1.165) is 31.5 Å². The molecule has 0 radical (unpaired) electrons. The van der Waals surface area contributed by atoms with Gasteiger partial charge in [0.25, 0.3) is 0 Å². The standard InChI is InChI=1S/C18H27N3/c1-5-15(19)18-16(6-2)20-21(17(18)7-3)12-14-11-9-8-10-13(14)4/h8-11,15H,5-7,12,19H2,1-4H3. The molecule has 0 aliphatic carbocycles. The number of hydrogen-bond donors (Lipinski definition) is 1. The lowest BCUT2D eigenvalue weighted by molar-refractivity contribution is 0.630. The predicted octanol–water partition coefficient (Wildman–Crippen LogP) is 3.77. The highest BCUT2D eigenvalue weighted by Crippen LogP contribution is 2.25. The monoisotopic (exact) mass is 285 g/mol. The van der Waals surface area contributed by atoms with E-state index in [4.69, 9.17) is 10.8 Å². The van der Waals surface area contributed by atoms with Gasteiger partial charge in [-0.15, -0.1) is 0 Å². The molecule has 3 nitrogen and oxygen atoms in total. The summed E-state index contributed by atoms with van der Waals surface area (Å²) in [6.45, 7) is 9.48. The molecule has 1 aromatic carbocycles. The summed E-state index contributed by atoms with van der Waals surface area (Å²) in [6.07, 6.45) is 2.87. The van der Waals surface area contributed by atoms with Crippen molar-refractivity contribution in [2.45, 2.75) is 59.5 Å². The van der Waals surface area contributed by atoms with E-state index < -0.39 is 0 Å². The topological polar surface area (TPSA) is 43.8 Å². The molecule has 1 unspecified atom stereocenters. The summed E-state index contributed by atoms with van der Waals surface area (Å²) in [7, 11) is 0. The third-order valence-corrected chi connectivity index (χ3v) is 4.24. The Balaban J connectivity index is 2.44. The van der Waals surface area contributed by atoms with Crippen molar-refractivity contribution in [2.24, 2.45) is 5.73 Å². The van der Waals surface area contributed by atoms with Crippen LogP contribution in [0.25, 0.3) is 0 Å². The molecule has 2 rings (SSSR count). The van der Waals surface area contributed by atoms with Crippen molar-refractivity contribution in [3.8, 4) is 0 Å². The number of benzene rings is 1. The van der Waals surface area contributed by atoms with Gasteiger partial charge in [-0.2, -0.15) is 5.10 Å². The number of nitrogens with zero attached hydrogens (tertiary/aromatic N) is 2. The first-order chi connectivity index (χ1) is 10.1. The zero-order valence-electron chi connectivity index (χ0n) is 13.7. The molecule has 1 heterocycles. The molecule has 0 aliphatic rings. The summed E-state index contributed by atoms with van der Waals surface area (Å²) in [6, 6.07) is 8.61. The highest BCUT2D eigenvalue weighted by atomic mass is 15.3. The van der Waals surface area contributed by atoms with Crippen molar-refractivity contribution >= 4 is 0 Å². The van der Waals surface area contributed by atoms with Gasteiger partial charge in [0.05, 0.1) is 12.2 Å². The SMILES string of the molecule is CCc1nn(Cc2ccccc2C)c(CC)c1C(N)CC. The average molecular weight is 285 g/mol. The molecule has 2 N–H and O–H groups in total. The van der Waals surface area contributed by atoms with Gasteiger partial charge in [-0.3, -0.25) is 4.68 Å². The normalized spacial score (nSPS) is 12.6. The smallest absolute Gasteiger partial charge is 0.0672 e. The fraction of sp³-hybridized carbons (Fsp3) is 0.500. The summed E-state index contributed by atoms with van der Waals surface area (Å²) >= 11 is 0. The third kappa shape index (κ3) is 3.18. The quantitative estimate of drug-likeness (QED) is 0.878. The fourth-order valence-corrected chi connectivity index (χ4v) is 2.91. The Hall–Kier alpha value is -1.61. The van der Waals surface area contributed by atoms with E-state index in [9.17, 15) is 0 Å². The third-order valence-electron chi connectivity index (χ3n) is 4.24. The maximum atomic E-state index is 6.33. The van der Waals surface area contributed by atoms with Gasteiger partial charge in [0.1, 0.15) is 0 Å². The fourth-order valence-electron chi connectivity index (χ4n) is 2.91. The lowest BCUT2D eigenvalue weighted by Gasteiger charge is -2.13. The Morgan fingerprint density at radius 1 is 1.14 bits per heavy atom. The molecule has 21 heavy (non-hydrogen) atoms. The second-order valence-corrected chi connectivity index (χ2v) is 5.61. The van der Waals surface area contributed by atoms with Gasteiger partial charge in [-0.25, -0.2) is 0 Å². The van der Waals surface area contributed by atoms with Crippen molar-refractivity contribution in [2.75, 3.05) is 0 Å². The Labute approximate surface area is 128 Å². The summed E-state index contributed by atoms with van der Waals surface area (Å²) in [4.78, 5) is 0. The molecule has 1 aromatic heterocycles. The van der Waals surface area contributed by atoms with Gasteiger partial charge in [0.2, 0.25) is 0 Å². The van der Waals surface area contributed by atoms with Crippen LogP contribution in [-0.2, 0) is 19.4 Å². The van der Waals surface area contributed by atoms with Crippen LogP contribution in [0.15, 0.2) is 24.3 Å². The van der Waals surface area contributed by atoms with Crippen LogP contribution in [0.3, 0.4) is 0 Å². The van der Waals surface area contributed by atoms with Crippen LogP contribution in [0.2, 0.25) is 0 Å². The number of hydrogen-bond acceptors (Lipinski definition) is 2.